The molecule has 0 aromatic carbocycles. The SMILES string of the molecule is Cc1noc(C)c1C(=O)Nc1cnc(N2CCN(C)CC2)nc1. The highest BCUT2D eigenvalue weighted by Crippen LogP contribution is 2.16. The number of amides is 1. The maximum absolute atomic E-state index is 12.3. The van der Waals surface area contributed by atoms with Crippen LogP contribution in [0.25, 0.3) is 0 Å². The van der Waals surface area contributed by atoms with E-state index >= 15 is 0 Å². The zero-order valence-electron chi connectivity index (χ0n) is 13.5. The second kappa shape index (κ2) is 6.33. The summed E-state index contributed by atoms with van der Waals surface area (Å²) in [6.07, 6.45) is 3.24. The first-order chi connectivity index (χ1) is 11.0. The molecule has 1 saturated heterocycles. The molecule has 1 aliphatic heterocycles. The molecule has 1 fully saturated rings. The Morgan fingerprint density at radius 3 is 2.39 bits per heavy atom. The molecule has 122 valence electrons. The van der Waals surface area contributed by atoms with E-state index in [-0.39, 0.29) is 5.91 Å². The summed E-state index contributed by atoms with van der Waals surface area (Å²) in [5.41, 5.74) is 1.57. The lowest BCUT2D eigenvalue weighted by Gasteiger charge is -2.32. The standard InChI is InChI=1S/C15H20N6O2/c1-10-13(11(2)23-19-10)14(22)18-12-8-16-15(17-9-12)21-6-4-20(3)5-7-21/h8-9H,4-7H2,1-3H3,(H,18,22). The Balaban J connectivity index is 1.67. The second-order valence-corrected chi connectivity index (χ2v) is 5.72. The van der Waals surface area contributed by atoms with Gasteiger partial charge in [0.1, 0.15) is 11.3 Å². The van der Waals surface area contributed by atoms with Crippen LogP contribution in [0.2, 0.25) is 0 Å². The molecule has 0 bridgehead atoms. The molecule has 0 aliphatic carbocycles. The quantitative estimate of drug-likeness (QED) is 0.906. The second-order valence-electron chi connectivity index (χ2n) is 5.72. The fourth-order valence-electron chi connectivity index (χ4n) is 2.56. The van der Waals surface area contributed by atoms with Gasteiger partial charge in [0.2, 0.25) is 5.95 Å². The Morgan fingerprint density at radius 1 is 1.17 bits per heavy atom. The van der Waals surface area contributed by atoms with Crippen LogP contribution in [-0.4, -0.2) is 59.2 Å². The maximum Gasteiger partial charge on any atom is 0.261 e. The average molecular weight is 316 g/mol. The van der Waals surface area contributed by atoms with E-state index in [0.29, 0.717) is 28.7 Å². The topological polar surface area (TPSA) is 87.4 Å². The van der Waals surface area contributed by atoms with Gasteiger partial charge in [-0.25, -0.2) is 9.97 Å². The lowest BCUT2D eigenvalue weighted by molar-refractivity contribution is 0.102. The first-order valence-corrected chi connectivity index (χ1v) is 7.54. The minimum absolute atomic E-state index is 0.266. The minimum Gasteiger partial charge on any atom is -0.361 e. The van der Waals surface area contributed by atoms with Gasteiger partial charge in [-0.2, -0.15) is 0 Å². The van der Waals surface area contributed by atoms with Crippen molar-refractivity contribution < 1.29 is 9.32 Å². The van der Waals surface area contributed by atoms with Gasteiger partial charge in [0, 0.05) is 26.2 Å². The number of aryl methyl sites for hydroxylation is 2. The van der Waals surface area contributed by atoms with Crippen LogP contribution in [0.1, 0.15) is 21.8 Å². The first-order valence-electron chi connectivity index (χ1n) is 7.54. The van der Waals surface area contributed by atoms with E-state index < -0.39 is 0 Å². The van der Waals surface area contributed by atoms with Crippen molar-refractivity contribution in [3.05, 3.63) is 29.4 Å². The van der Waals surface area contributed by atoms with E-state index in [9.17, 15) is 4.79 Å². The number of likely N-dealkylation sites (N-methyl/N-ethyl adjacent to an activating group) is 1. The molecule has 3 heterocycles. The Hall–Kier alpha value is -2.48. The molecule has 8 nitrogen and oxygen atoms in total. The monoisotopic (exact) mass is 316 g/mol. The number of nitrogens with one attached hydrogen (secondary N) is 1. The third kappa shape index (κ3) is 3.31. The number of piperazine rings is 1. The fraction of sp³-hybridized carbons (Fsp3) is 0.467. The van der Waals surface area contributed by atoms with Crippen LogP contribution in [0.15, 0.2) is 16.9 Å². The zero-order valence-corrected chi connectivity index (χ0v) is 13.5. The number of hydrogen-bond donors (Lipinski definition) is 1. The molecule has 1 amide bonds. The lowest BCUT2D eigenvalue weighted by Crippen LogP contribution is -2.45. The van der Waals surface area contributed by atoms with E-state index in [1.165, 1.54) is 0 Å². The Morgan fingerprint density at radius 2 is 1.83 bits per heavy atom. The third-order valence-electron chi connectivity index (χ3n) is 3.94. The molecular weight excluding hydrogens is 296 g/mol. The third-order valence-corrected chi connectivity index (χ3v) is 3.94. The van der Waals surface area contributed by atoms with Gasteiger partial charge in [-0.3, -0.25) is 4.79 Å². The van der Waals surface area contributed by atoms with Crippen molar-refractivity contribution in [3.63, 3.8) is 0 Å². The molecule has 0 saturated carbocycles. The molecule has 2 aromatic heterocycles. The molecule has 2 aromatic rings. The smallest absolute Gasteiger partial charge is 0.261 e. The summed E-state index contributed by atoms with van der Waals surface area (Å²) in [4.78, 5) is 25.4. The van der Waals surface area contributed by atoms with Gasteiger partial charge in [-0.15, -0.1) is 0 Å². The minimum atomic E-state index is -0.266. The van der Waals surface area contributed by atoms with Gasteiger partial charge in [0.25, 0.3) is 5.91 Å². The van der Waals surface area contributed by atoms with Crippen molar-refractivity contribution in [1.82, 2.24) is 20.0 Å². The van der Waals surface area contributed by atoms with E-state index in [4.69, 9.17) is 4.52 Å². The fourth-order valence-corrected chi connectivity index (χ4v) is 2.56. The summed E-state index contributed by atoms with van der Waals surface area (Å²) in [5, 5.41) is 6.56. The summed E-state index contributed by atoms with van der Waals surface area (Å²) in [6.45, 7) is 7.24. The van der Waals surface area contributed by atoms with Crippen LogP contribution in [0.3, 0.4) is 0 Å². The largest absolute Gasteiger partial charge is 0.361 e. The van der Waals surface area contributed by atoms with Crippen LogP contribution >= 0.6 is 0 Å². The number of anilines is 2. The Kier molecular flexibility index (Phi) is 4.24. The number of carbonyl (C=O) groups excluding carboxylic acids is 1. The van der Waals surface area contributed by atoms with Gasteiger partial charge in [0.15, 0.2) is 0 Å². The van der Waals surface area contributed by atoms with Gasteiger partial charge in [-0.1, -0.05) is 5.16 Å². The summed E-state index contributed by atoms with van der Waals surface area (Å²) >= 11 is 0. The number of carbonyl (C=O) groups is 1. The summed E-state index contributed by atoms with van der Waals surface area (Å²) < 4.78 is 5.01. The van der Waals surface area contributed by atoms with Crippen LogP contribution < -0.4 is 10.2 Å². The Labute approximate surface area is 134 Å². The van der Waals surface area contributed by atoms with Crippen LogP contribution in [0.5, 0.6) is 0 Å². The van der Waals surface area contributed by atoms with Crippen LogP contribution in [0.4, 0.5) is 11.6 Å². The van der Waals surface area contributed by atoms with Crippen molar-refractivity contribution in [2.75, 3.05) is 43.4 Å². The Bertz CT molecular complexity index is 669. The molecule has 0 atom stereocenters. The predicted octanol–water partition coefficient (Wildman–Crippen LogP) is 1.09. The van der Waals surface area contributed by atoms with Crippen molar-refractivity contribution in [3.8, 4) is 0 Å². The highest BCUT2D eigenvalue weighted by atomic mass is 16.5. The van der Waals surface area contributed by atoms with Crippen molar-refractivity contribution in [2.45, 2.75) is 13.8 Å². The molecule has 0 unspecified atom stereocenters. The molecule has 0 spiro atoms. The van der Waals surface area contributed by atoms with E-state index in [2.05, 4.69) is 37.3 Å². The van der Waals surface area contributed by atoms with Crippen molar-refractivity contribution >= 4 is 17.5 Å². The van der Waals surface area contributed by atoms with Gasteiger partial charge >= 0.3 is 0 Å². The van der Waals surface area contributed by atoms with Crippen molar-refractivity contribution in [1.29, 1.82) is 0 Å². The zero-order chi connectivity index (χ0) is 16.4. The number of aromatic nitrogens is 3. The summed E-state index contributed by atoms with van der Waals surface area (Å²) in [6, 6.07) is 0. The molecule has 23 heavy (non-hydrogen) atoms. The van der Waals surface area contributed by atoms with E-state index in [0.717, 1.165) is 26.2 Å². The van der Waals surface area contributed by atoms with Crippen LogP contribution in [-0.2, 0) is 0 Å². The number of rotatable bonds is 3. The van der Waals surface area contributed by atoms with Crippen molar-refractivity contribution in [2.24, 2.45) is 0 Å². The van der Waals surface area contributed by atoms with E-state index in [1.54, 1.807) is 26.2 Å². The lowest BCUT2D eigenvalue weighted by atomic mass is 10.2. The summed E-state index contributed by atoms with van der Waals surface area (Å²) in [5.74, 6) is 0.917. The van der Waals surface area contributed by atoms with Gasteiger partial charge < -0.3 is 19.6 Å². The normalized spacial score (nSPS) is 15.7. The van der Waals surface area contributed by atoms with E-state index in [1.807, 2.05) is 0 Å². The van der Waals surface area contributed by atoms with Gasteiger partial charge in [-0.05, 0) is 20.9 Å². The predicted molar refractivity (Wildman–Crippen MR) is 85.7 cm³/mol. The molecule has 8 heteroatoms. The van der Waals surface area contributed by atoms with Crippen LogP contribution in [0, 0.1) is 13.8 Å². The molecule has 1 aliphatic rings. The molecule has 3 rings (SSSR count). The summed E-state index contributed by atoms with van der Waals surface area (Å²) in [7, 11) is 2.10. The van der Waals surface area contributed by atoms with Gasteiger partial charge in [0.05, 0.1) is 23.8 Å². The number of nitrogens with zero attached hydrogens (tertiary/aromatic N) is 5. The maximum atomic E-state index is 12.3. The molecular formula is C15H20N6O2. The number of hydrogen-bond acceptors (Lipinski definition) is 7. The first kappa shape index (κ1) is 15.4. The molecule has 0 radical (unpaired) electrons. The highest BCUT2D eigenvalue weighted by molar-refractivity contribution is 6.05. The average Bonchev–Trinajstić information content (AvgIpc) is 2.88. The highest BCUT2D eigenvalue weighted by Gasteiger charge is 2.19. The molecule has 1 N–H and O–H groups in total.